The van der Waals surface area contributed by atoms with E-state index in [-0.39, 0.29) is 19.1 Å². The van der Waals surface area contributed by atoms with E-state index in [1.165, 1.54) is 4.90 Å². The van der Waals surface area contributed by atoms with Crippen molar-refractivity contribution in [1.82, 2.24) is 4.90 Å². The standard InChI is InChI=1S/C9H17F3N2/c1-7(2)14(5-8(3)4-13)6-9(10,11)12/h7H,3-6,13H2,1-2H3. The van der Waals surface area contributed by atoms with Crippen molar-refractivity contribution in [2.24, 2.45) is 5.73 Å². The maximum atomic E-state index is 12.1. The summed E-state index contributed by atoms with van der Waals surface area (Å²) in [7, 11) is 0. The molecule has 14 heavy (non-hydrogen) atoms. The highest BCUT2D eigenvalue weighted by Crippen LogP contribution is 2.18. The van der Waals surface area contributed by atoms with Gasteiger partial charge in [0.25, 0.3) is 0 Å². The highest BCUT2D eigenvalue weighted by molar-refractivity contribution is 4.99. The minimum atomic E-state index is -4.17. The van der Waals surface area contributed by atoms with Crippen molar-refractivity contribution >= 4 is 0 Å². The normalized spacial score (nSPS) is 12.6. The highest BCUT2D eigenvalue weighted by Gasteiger charge is 2.31. The Morgan fingerprint density at radius 3 is 2.21 bits per heavy atom. The molecule has 0 radical (unpaired) electrons. The maximum absolute atomic E-state index is 12.1. The number of alkyl halides is 3. The molecule has 0 unspecified atom stereocenters. The zero-order valence-electron chi connectivity index (χ0n) is 8.56. The molecule has 2 N–H and O–H groups in total. The number of halogens is 3. The molecule has 5 heteroatoms. The Hall–Kier alpha value is -0.550. The average Bonchev–Trinajstić information content (AvgIpc) is 2.00. The first-order valence-corrected chi connectivity index (χ1v) is 4.43. The summed E-state index contributed by atoms with van der Waals surface area (Å²) in [6.45, 7) is 6.54. The first-order valence-electron chi connectivity index (χ1n) is 4.43. The molecular formula is C9H17F3N2. The van der Waals surface area contributed by atoms with Crippen LogP contribution in [0.5, 0.6) is 0 Å². The summed E-state index contributed by atoms with van der Waals surface area (Å²) in [4.78, 5) is 1.30. The van der Waals surface area contributed by atoms with Gasteiger partial charge in [-0.25, -0.2) is 0 Å². The molecular weight excluding hydrogens is 193 g/mol. The van der Waals surface area contributed by atoms with Crippen LogP contribution < -0.4 is 5.73 Å². The topological polar surface area (TPSA) is 29.3 Å². The van der Waals surface area contributed by atoms with E-state index in [9.17, 15) is 13.2 Å². The minimum absolute atomic E-state index is 0.167. The second kappa shape index (κ2) is 5.36. The molecule has 0 rings (SSSR count). The molecule has 0 aromatic carbocycles. The maximum Gasteiger partial charge on any atom is 0.401 e. The first-order chi connectivity index (χ1) is 6.26. The Kier molecular flexibility index (Phi) is 5.15. The van der Waals surface area contributed by atoms with E-state index >= 15 is 0 Å². The predicted octanol–water partition coefficient (Wildman–Crippen LogP) is 1.77. The molecule has 0 fully saturated rings. The molecule has 0 atom stereocenters. The van der Waals surface area contributed by atoms with Gasteiger partial charge in [0.05, 0.1) is 6.54 Å². The van der Waals surface area contributed by atoms with Crippen LogP contribution in [0.25, 0.3) is 0 Å². The predicted molar refractivity (Wildman–Crippen MR) is 51.0 cm³/mol. The van der Waals surface area contributed by atoms with Gasteiger partial charge in [0.2, 0.25) is 0 Å². The number of nitrogens with zero attached hydrogens (tertiary/aromatic N) is 1. The lowest BCUT2D eigenvalue weighted by Gasteiger charge is -2.27. The summed E-state index contributed by atoms with van der Waals surface area (Å²) < 4.78 is 36.4. The second-order valence-corrected chi connectivity index (χ2v) is 3.57. The van der Waals surface area contributed by atoms with Crippen molar-refractivity contribution in [2.75, 3.05) is 19.6 Å². The average molecular weight is 210 g/mol. The van der Waals surface area contributed by atoms with Gasteiger partial charge in [-0.3, -0.25) is 4.90 Å². The van der Waals surface area contributed by atoms with Gasteiger partial charge in [-0.15, -0.1) is 0 Å². The molecule has 0 saturated carbocycles. The van der Waals surface area contributed by atoms with E-state index in [1.54, 1.807) is 13.8 Å². The smallest absolute Gasteiger partial charge is 0.327 e. The van der Waals surface area contributed by atoms with Crippen LogP contribution >= 0.6 is 0 Å². The minimum Gasteiger partial charge on any atom is -0.327 e. The van der Waals surface area contributed by atoms with Crippen molar-refractivity contribution in [2.45, 2.75) is 26.1 Å². The van der Waals surface area contributed by atoms with Gasteiger partial charge in [-0.1, -0.05) is 6.58 Å². The third kappa shape index (κ3) is 5.99. The molecule has 2 nitrogen and oxygen atoms in total. The quantitative estimate of drug-likeness (QED) is 0.701. The second-order valence-electron chi connectivity index (χ2n) is 3.57. The van der Waals surface area contributed by atoms with Crippen LogP contribution in [0.1, 0.15) is 13.8 Å². The van der Waals surface area contributed by atoms with Crippen molar-refractivity contribution < 1.29 is 13.2 Å². The SMILES string of the molecule is C=C(CN)CN(CC(F)(F)F)C(C)C. The molecule has 0 aromatic rings. The van der Waals surface area contributed by atoms with Crippen LogP contribution in [-0.2, 0) is 0 Å². The fraction of sp³-hybridized carbons (Fsp3) is 0.778. The fourth-order valence-electron chi connectivity index (χ4n) is 1.00. The molecule has 0 bridgehead atoms. The van der Waals surface area contributed by atoms with Crippen LogP contribution in [0.4, 0.5) is 13.2 Å². The highest BCUT2D eigenvalue weighted by atomic mass is 19.4. The van der Waals surface area contributed by atoms with Gasteiger partial charge >= 0.3 is 6.18 Å². The number of hydrogen-bond acceptors (Lipinski definition) is 2. The monoisotopic (exact) mass is 210 g/mol. The Balaban J connectivity index is 4.24. The van der Waals surface area contributed by atoms with Crippen molar-refractivity contribution in [3.8, 4) is 0 Å². The summed E-state index contributed by atoms with van der Waals surface area (Å²) in [5.74, 6) is 0. The summed E-state index contributed by atoms with van der Waals surface area (Å²) in [6, 6.07) is -0.167. The summed E-state index contributed by atoms with van der Waals surface area (Å²) in [5, 5.41) is 0. The van der Waals surface area contributed by atoms with Crippen molar-refractivity contribution in [1.29, 1.82) is 0 Å². The number of nitrogens with two attached hydrogens (primary N) is 1. The zero-order valence-corrected chi connectivity index (χ0v) is 8.56. The van der Waals surface area contributed by atoms with Crippen LogP contribution in [0.2, 0.25) is 0 Å². The van der Waals surface area contributed by atoms with Crippen LogP contribution in [0, 0.1) is 0 Å². The van der Waals surface area contributed by atoms with E-state index < -0.39 is 12.7 Å². The number of hydrogen-bond donors (Lipinski definition) is 1. The molecule has 0 amide bonds. The van der Waals surface area contributed by atoms with Crippen LogP contribution in [-0.4, -0.2) is 36.8 Å². The van der Waals surface area contributed by atoms with Gasteiger partial charge in [-0.05, 0) is 19.4 Å². The van der Waals surface area contributed by atoms with E-state index in [0.29, 0.717) is 5.57 Å². The number of rotatable bonds is 5. The van der Waals surface area contributed by atoms with E-state index in [4.69, 9.17) is 5.73 Å². The molecule has 84 valence electrons. The molecule has 0 aliphatic carbocycles. The molecule has 0 spiro atoms. The van der Waals surface area contributed by atoms with E-state index in [2.05, 4.69) is 6.58 Å². The van der Waals surface area contributed by atoms with E-state index in [1.807, 2.05) is 0 Å². The Morgan fingerprint density at radius 1 is 1.43 bits per heavy atom. The molecule has 0 saturated heterocycles. The van der Waals surface area contributed by atoms with Crippen LogP contribution in [0.15, 0.2) is 12.2 Å². The fourth-order valence-corrected chi connectivity index (χ4v) is 1.00. The summed E-state index contributed by atoms with van der Waals surface area (Å²) >= 11 is 0. The van der Waals surface area contributed by atoms with Crippen molar-refractivity contribution in [3.63, 3.8) is 0 Å². The largest absolute Gasteiger partial charge is 0.401 e. The summed E-state index contributed by atoms with van der Waals surface area (Å²) in [6.07, 6.45) is -4.17. The lowest BCUT2D eigenvalue weighted by atomic mass is 10.2. The third-order valence-electron chi connectivity index (χ3n) is 1.83. The van der Waals surface area contributed by atoms with Crippen molar-refractivity contribution in [3.05, 3.63) is 12.2 Å². The Labute approximate surface area is 82.6 Å². The van der Waals surface area contributed by atoms with Crippen LogP contribution in [0.3, 0.4) is 0 Å². The molecule has 0 aliphatic rings. The van der Waals surface area contributed by atoms with Gasteiger partial charge < -0.3 is 5.73 Å². The Morgan fingerprint density at radius 2 is 1.93 bits per heavy atom. The van der Waals surface area contributed by atoms with Gasteiger partial charge in [0, 0.05) is 19.1 Å². The third-order valence-corrected chi connectivity index (χ3v) is 1.83. The zero-order chi connectivity index (χ0) is 11.4. The molecule has 0 aromatic heterocycles. The molecule has 0 heterocycles. The Bertz CT molecular complexity index is 187. The van der Waals surface area contributed by atoms with Gasteiger partial charge in [0.1, 0.15) is 0 Å². The lowest BCUT2D eigenvalue weighted by Crippen LogP contribution is -2.40. The molecule has 0 aliphatic heterocycles. The van der Waals surface area contributed by atoms with Gasteiger partial charge in [-0.2, -0.15) is 13.2 Å². The first kappa shape index (κ1) is 13.4. The lowest BCUT2D eigenvalue weighted by molar-refractivity contribution is -0.148. The van der Waals surface area contributed by atoms with Gasteiger partial charge in [0.15, 0.2) is 0 Å². The summed E-state index contributed by atoms with van der Waals surface area (Å²) in [5.41, 5.74) is 5.89. The van der Waals surface area contributed by atoms with E-state index in [0.717, 1.165) is 0 Å².